The van der Waals surface area contributed by atoms with Crippen LogP contribution in [0.2, 0.25) is 5.02 Å². The number of rotatable bonds is 4. The van der Waals surface area contributed by atoms with Crippen molar-refractivity contribution in [1.82, 2.24) is 5.32 Å². The minimum atomic E-state index is -0.170. The van der Waals surface area contributed by atoms with Gasteiger partial charge in [0.1, 0.15) is 0 Å². The molecule has 1 aromatic rings. The summed E-state index contributed by atoms with van der Waals surface area (Å²) in [5, 5.41) is 3.83. The summed E-state index contributed by atoms with van der Waals surface area (Å²) in [4.78, 5) is 12.4. The topological polar surface area (TPSA) is 55.1 Å². The lowest BCUT2D eigenvalue weighted by molar-refractivity contribution is 0.0908. The highest BCUT2D eigenvalue weighted by atomic mass is 35.5. The molecule has 2 aliphatic carbocycles. The van der Waals surface area contributed by atoms with Crippen LogP contribution in [0.1, 0.15) is 48.9 Å². The smallest absolute Gasteiger partial charge is 0.251 e. The largest absolute Gasteiger partial charge is 0.347 e. The number of carbonyl (C=O) groups is 1. The predicted octanol–water partition coefficient (Wildman–Crippen LogP) is 3.12. The van der Waals surface area contributed by atoms with E-state index in [-0.39, 0.29) is 17.5 Å². The van der Waals surface area contributed by atoms with Gasteiger partial charge in [0.15, 0.2) is 0 Å². The third-order valence-electron chi connectivity index (χ3n) is 4.71. The minimum absolute atomic E-state index is 0.0321. The molecule has 2 saturated carbocycles. The van der Waals surface area contributed by atoms with Gasteiger partial charge >= 0.3 is 0 Å². The third-order valence-corrected chi connectivity index (χ3v) is 4.96. The van der Waals surface area contributed by atoms with Gasteiger partial charge in [-0.1, -0.05) is 24.4 Å². The second-order valence-electron chi connectivity index (χ2n) is 6.24. The summed E-state index contributed by atoms with van der Waals surface area (Å²) in [5.41, 5.74) is 6.87. The Morgan fingerprint density at radius 2 is 1.85 bits per heavy atom. The molecule has 0 bridgehead atoms. The summed E-state index contributed by atoms with van der Waals surface area (Å²) < 4.78 is 0. The van der Waals surface area contributed by atoms with Crippen molar-refractivity contribution in [2.75, 3.05) is 0 Å². The van der Waals surface area contributed by atoms with Gasteiger partial charge in [0.05, 0.1) is 0 Å². The fourth-order valence-corrected chi connectivity index (χ4v) is 3.43. The zero-order chi connectivity index (χ0) is 14.2. The van der Waals surface area contributed by atoms with Crippen molar-refractivity contribution in [1.29, 1.82) is 0 Å². The van der Waals surface area contributed by atoms with E-state index >= 15 is 0 Å². The maximum Gasteiger partial charge on any atom is 0.251 e. The Balaban J connectivity index is 1.72. The van der Waals surface area contributed by atoms with Gasteiger partial charge < -0.3 is 11.1 Å². The molecule has 1 amide bonds. The zero-order valence-electron chi connectivity index (χ0n) is 11.6. The van der Waals surface area contributed by atoms with E-state index in [1.807, 2.05) is 0 Å². The fraction of sp³-hybridized carbons (Fsp3) is 0.562. The fourth-order valence-electron chi connectivity index (χ4n) is 3.30. The van der Waals surface area contributed by atoms with E-state index in [4.69, 9.17) is 17.3 Å². The van der Waals surface area contributed by atoms with Crippen LogP contribution in [0.4, 0.5) is 0 Å². The van der Waals surface area contributed by atoms with Crippen molar-refractivity contribution in [3.63, 3.8) is 0 Å². The molecule has 0 aromatic heterocycles. The van der Waals surface area contributed by atoms with E-state index in [0.29, 0.717) is 16.5 Å². The first-order valence-corrected chi connectivity index (χ1v) is 7.82. The van der Waals surface area contributed by atoms with Crippen molar-refractivity contribution < 1.29 is 4.79 Å². The SMILES string of the molecule is NC1(C(NC(=O)c2ccc(Cl)cc2)C2CCCC2)CC1. The molecule has 1 aromatic carbocycles. The van der Waals surface area contributed by atoms with Crippen molar-refractivity contribution in [3.05, 3.63) is 34.9 Å². The highest BCUT2D eigenvalue weighted by Crippen LogP contribution is 2.43. The summed E-state index contributed by atoms with van der Waals surface area (Å²) in [6.45, 7) is 0. The van der Waals surface area contributed by atoms with Gasteiger partial charge in [-0.3, -0.25) is 4.79 Å². The van der Waals surface area contributed by atoms with Crippen LogP contribution in [0.3, 0.4) is 0 Å². The van der Waals surface area contributed by atoms with Crippen LogP contribution in [-0.2, 0) is 0 Å². The molecule has 3 N–H and O–H groups in total. The Morgan fingerprint density at radius 1 is 1.25 bits per heavy atom. The summed E-state index contributed by atoms with van der Waals surface area (Å²) >= 11 is 5.86. The molecule has 4 heteroatoms. The molecule has 1 atom stereocenters. The molecule has 0 spiro atoms. The number of nitrogens with two attached hydrogens (primary N) is 1. The summed E-state index contributed by atoms with van der Waals surface area (Å²) in [5.74, 6) is 0.508. The monoisotopic (exact) mass is 292 g/mol. The minimum Gasteiger partial charge on any atom is -0.347 e. The Hall–Kier alpha value is -1.06. The summed E-state index contributed by atoms with van der Waals surface area (Å²) in [6, 6.07) is 7.14. The third kappa shape index (κ3) is 2.84. The molecule has 2 fully saturated rings. The zero-order valence-corrected chi connectivity index (χ0v) is 12.3. The Labute approximate surface area is 124 Å². The number of nitrogens with one attached hydrogen (secondary N) is 1. The normalized spacial score (nSPS) is 22.5. The first kappa shape index (κ1) is 13.9. The lowest BCUT2D eigenvalue weighted by Crippen LogP contribution is -2.53. The van der Waals surface area contributed by atoms with E-state index in [9.17, 15) is 4.79 Å². The van der Waals surface area contributed by atoms with Crippen molar-refractivity contribution in [3.8, 4) is 0 Å². The molecule has 108 valence electrons. The lowest BCUT2D eigenvalue weighted by atomic mass is 9.90. The molecule has 20 heavy (non-hydrogen) atoms. The van der Waals surface area contributed by atoms with Crippen molar-refractivity contribution in [2.24, 2.45) is 11.7 Å². The van der Waals surface area contributed by atoms with Crippen LogP contribution < -0.4 is 11.1 Å². The molecule has 0 heterocycles. The first-order chi connectivity index (χ1) is 9.58. The molecule has 2 aliphatic rings. The number of hydrogen-bond acceptors (Lipinski definition) is 2. The van der Waals surface area contributed by atoms with Crippen LogP contribution in [0.5, 0.6) is 0 Å². The van der Waals surface area contributed by atoms with Gasteiger partial charge in [-0.05, 0) is 55.9 Å². The van der Waals surface area contributed by atoms with Gasteiger partial charge in [0.2, 0.25) is 0 Å². The van der Waals surface area contributed by atoms with Crippen molar-refractivity contribution >= 4 is 17.5 Å². The van der Waals surface area contributed by atoms with Crippen molar-refractivity contribution in [2.45, 2.75) is 50.1 Å². The molecule has 3 nitrogen and oxygen atoms in total. The maximum absolute atomic E-state index is 12.4. The average molecular weight is 293 g/mol. The average Bonchev–Trinajstić information content (AvgIpc) is 2.97. The highest BCUT2D eigenvalue weighted by Gasteiger charge is 2.49. The van der Waals surface area contributed by atoms with Crippen LogP contribution >= 0.6 is 11.6 Å². The maximum atomic E-state index is 12.4. The van der Waals surface area contributed by atoms with Gasteiger partial charge in [-0.25, -0.2) is 0 Å². The Morgan fingerprint density at radius 3 is 2.40 bits per heavy atom. The van der Waals surface area contributed by atoms with E-state index in [1.165, 1.54) is 25.7 Å². The van der Waals surface area contributed by atoms with Crippen LogP contribution in [0.15, 0.2) is 24.3 Å². The second-order valence-corrected chi connectivity index (χ2v) is 6.67. The first-order valence-electron chi connectivity index (χ1n) is 7.44. The predicted molar refractivity (Wildman–Crippen MR) is 80.8 cm³/mol. The van der Waals surface area contributed by atoms with Gasteiger partial charge in [-0.2, -0.15) is 0 Å². The van der Waals surface area contributed by atoms with Gasteiger partial charge in [0.25, 0.3) is 5.91 Å². The number of halogens is 1. The Kier molecular flexibility index (Phi) is 3.74. The quantitative estimate of drug-likeness (QED) is 0.896. The van der Waals surface area contributed by atoms with Crippen LogP contribution in [-0.4, -0.2) is 17.5 Å². The van der Waals surface area contributed by atoms with Gasteiger partial charge in [0, 0.05) is 22.2 Å². The number of amides is 1. The van der Waals surface area contributed by atoms with Crippen LogP contribution in [0.25, 0.3) is 0 Å². The number of benzene rings is 1. The Bertz CT molecular complexity index is 490. The molecule has 0 radical (unpaired) electrons. The molecule has 0 aliphatic heterocycles. The van der Waals surface area contributed by atoms with E-state index in [1.54, 1.807) is 24.3 Å². The van der Waals surface area contributed by atoms with Gasteiger partial charge in [-0.15, -0.1) is 0 Å². The molecule has 3 rings (SSSR count). The number of hydrogen-bond donors (Lipinski definition) is 2. The number of carbonyl (C=O) groups excluding carboxylic acids is 1. The molecular formula is C16H21ClN2O. The lowest BCUT2D eigenvalue weighted by Gasteiger charge is -2.30. The molecule has 0 saturated heterocycles. The molecular weight excluding hydrogens is 272 g/mol. The van der Waals surface area contributed by atoms with E-state index in [2.05, 4.69) is 5.32 Å². The molecule has 1 unspecified atom stereocenters. The van der Waals surface area contributed by atoms with E-state index in [0.717, 1.165) is 12.8 Å². The standard InChI is InChI=1S/C16H21ClN2O/c17-13-7-5-12(6-8-13)15(20)19-14(16(18)9-10-16)11-3-1-2-4-11/h5-8,11,14H,1-4,9-10,18H2,(H,19,20). The summed E-state index contributed by atoms with van der Waals surface area (Å²) in [7, 11) is 0. The highest BCUT2D eigenvalue weighted by molar-refractivity contribution is 6.30. The second kappa shape index (κ2) is 5.38. The summed E-state index contributed by atoms with van der Waals surface area (Å²) in [6.07, 6.45) is 6.93. The van der Waals surface area contributed by atoms with Crippen LogP contribution in [0, 0.1) is 5.92 Å². The van der Waals surface area contributed by atoms with E-state index < -0.39 is 0 Å².